The Labute approximate surface area is 72.8 Å². The number of cyclic esters (lactones) is 1. The van der Waals surface area contributed by atoms with Gasteiger partial charge >= 0.3 is 5.97 Å². The van der Waals surface area contributed by atoms with E-state index in [1.807, 2.05) is 0 Å². The van der Waals surface area contributed by atoms with Crippen LogP contribution in [0.3, 0.4) is 0 Å². The van der Waals surface area contributed by atoms with Gasteiger partial charge in [0.1, 0.15) is 6.10 Å². The molecule has 0 radical (unpaired) electrons. The number of hydrogen-bond acceptors (Lipinski definition) is 2. The molecule has 0 aromatic carbocycles. The van der Waals surface area contributed by atoms with E-state index in [0.717, 1.165) is 0 Å². The second-order valence-electron chi connectivity index (χ2n) is 2.68. The highest BCUT2D eigenvalue weighted by molar-refractivity contribution is 14.1. The van der Waals surface area contributed by atoms with Crippen LogP contribution >= 0.6 is 22.6 Å². The van der Waals surface area contributed by atoms with Gasteiger partial charge in [-0.15, -0.1) is 0 Å². The first-order valence-corrected chi connectivity index (χ1v) is 4.47. The number of ether oxygens (including phenoxy) is 1. The van der Waals surface area contributed by atoms with Crippen molar-refractivity contribution in [2.75, 3.05) is 0 Å². The monoisotopic (exact) mass is 250 g/mol. The number of carbonyl (C=O) groups excluding carboxylic acids is 1. The number of carbonyl (C=O) groups is 1. The van der Waals surface area contributed by atoms with Gasteiger partial charge in [-0.1, -0.05) is 35.2 Å². The number of alkyl halides is 1. The van der Waals surface area contributed by atoms with Crippen LogP contribution < -0.4 is 0 Å². The number of fused-ring (bicyclic) bond motifs is 1. The molecule has 0 bridgehead atoms. The summed E-state index contributed by atoms with van der Waals surface area (Å²) in [5.41, 5.74) is 0. The normalized spacial score (nSPS) is 49.9. The van der Waals surface area contributed by atoms with Crippen LogP contribution in [0.2, 0.25) is 0 Å². The molecule has 0 aromatic rings. The van der Waals surface area contributed by atoms with Gasteiger partial charge < -0.3 is 4.74 Å². The van der Waals surface area contributed by atoms with Crippen LogP contribution in [0, 0.1) is 11.8 Å². The van der Waals surface area contributed by atoms with E-state index < -0.39 is 0 Å². The summed E-state index contributed by atoms with van der Waals surface area (Å²) in [5.74, 6) is 0.587. The first-order valence-electron chi connectivity index (χ1n) is 3.23. The molecule has 2 nitrogen and oxygen atoms in total. The number of rotatable bonds is 1. The van der Waals surface area contributed by atoms with Crippen molar-refractivity contribution < 1.29 is 9.53 Å². The number of hydrogen-bond donors (Lipinski definition) is 0. The molecule has 4 atom stereocenters. The van der Waals surface area contributed by atoms with Gasteiger partial charge in [-0.05, 0) is 0 Å². The molecule has 0 N–H and O–H groups in total. The Balaban J connectivity index is 2.18. The van der Waals surface area contributed by atoms with E-state index in [1.165, 1.54) is 0 Å². The lowest BCUT2D eigenvalue weighted by atomic mass is 10.2. The largest absolute Gasteiger partial charge is 0.458 e. The number of esters is 1. The van der Waals surface area contributed by atoms with Crippen LogP contribution in [0.5, 0.6) is 0 Å². The molecule has 2 rings (SSSR count). The third-order valence-corrected chi connectivity index (χ3v) is 3.73. The average molecular weight is 250 g/mol. The molecule has 1 aliphatic heterocycles. The maximum Gasteiger partial charge on any atom is 0.311 e. The standard InChI is InChI=1S/C7H7IO2/c1-2-3-4-5(6(4)8)7(9)10-3/h2-6H,1H2/t3-,4+,5-,6+/m0/s1. The van der Waals surface area contributed by atoms with Crippen molar-refractivity contribution in [1.82, 2.24) is 0 Å². The van der Waals surface area contributed by atoms with E-state index in [1.54, 1.807) is 6.08 Å². The Morgan fingerprint density at radius 1 is 1.70 bits per heavy atom. The Morgan fingerprint density at radius 2 is 2.40 bits per heavy atom. The Bertz CT molecular complexity index is 202. The van der Waals surface area contributed by atoms with Gasteiger partial charge in [0.05, 0.1) is 5.92 Å². The minimum absolute atomic E-state index is 0.000556. The fourth-order valence-electron chi connectivity index (χ4n) is 1.46. The molecule has 1 aliphatic carbocycles. The van der Waals surface area contributed by atoms with E-state index >= 15 is 0 Å². The lowest BCUT2D eigenvalue weighted by Gasteiger charge is -2.06. The predicted molar refractivity (Wildman–Crippen MR) is 44.9 cm³/mol. The molecule has 2 fully saturated rings. The minimum Gasteiger partial charge on any atom is -0.458 e. The highest BCUT2D eigenvalue weighted by Crippen LogP contribution is 2.54. The van der Waals surface area contributed by atoms with Crippen LogP contribution in [-0.4, -0.2) is 16.0 Å². The molecule has 3 heteroatoms. The number of halogens is 1. The molecular weight excluding hydrogens is 243 g/mol. The Hall–Kier alpha value is -0.0600. The van der Waals surface area contributed by atoms with Crippen LogP contribution in [0.25, 0.3) is 0 Å². The zero-order valence-corrected chi connectivity index (χ0v) is 7.45. The second-order valence-corrected chi connectivity index (χ2v) is 4.12. The van der Waals surface area contributed by atoms with Crippen molar-refractivity contribution in [3.8, 4) is 0 Å². The summed E-state index contributed by atoms with van der Waals surface area (Å²) in [7, 11) is 0. The third-order valence-electron chi connectivity index (χ3n) is 2.12. The van der Waals surface area contributed by atoms with Crippen molar-refractivity contribution in [1.29, 1.82) is 0 Å². The third kappa shape index (κ3) is 0.667. The van der Waals surface area contributed by atoms with Crippen molar-refractivity contribution in [2.45, 2.75) is 10.0 Å². The smallest absolute Gasteiger partial charge is 0.311 e. The predicted octanol–water partition coefficient (Wildman–Crippen LogP) is 1.15. The first-order chi connectivity index (χ1) is 4.75. The topological polar surface area (TPSA) is 26.3 Å². The van der Waals surface area contributed by atoms with Gasteiger partial charge in [0.25, 0.3) is 0 Å². The summed E-state index contributed by atoms with van der Waals surface area (Å²) in [6, 6.07) is 0. The fraction of sp³-hybridized carbons (Fsp3) is 0.571. The second kappa shape index (κ2) is 1.96. The summed E-state index contributed by atoms with van der Waals surface area (Å²) in [4.78, 5) is 10.9. The first kappa shape index (κ1) is 6.64. The van der Waals surface area contributed by atoms with Gasteiger partial charge in [-0.25, -0.2) is 0 Å². The highest BCUT2D eigenvalue weighted by atomic mass is 127. The van der Waals surface area contributed by atoms with Gasteiger partial charge in [-0.2, -0.15) is 0 Å². The molecule has 1 saturated heterocycles. The van der Waals surface area contributed by atoms with Crippen molar-refractivity contribution in [3.05, 3.63) is 12.7 Å². The van der Waals surface area contributed by atoms with Crippen LogP contribution in [-0.2, 0) is 9.53 Å². The molecule has 0 spiro atoms. The summed E-state index contributed by atoms with van der Waals surface area (Å²) in [5, 5.41) is 0. The molecule has 54 valence electrons. The zero-order chi connectivity index (χ0) is 7.30. The molecule has 10 heavy (non-hydrogen) atoms. The quantitative estimate of drug-likeness (QED) is 0.302. The van der Waals surface area contributed by atoms with E-state index in [0.29, 0.717) is 9.84 Å². The van der Waals surface area contributed by atoms with Crippen LogP contribution in [0.4, 0.5) is 0 Å². The lowest BCUT2D eigenvalue weighted by Crippen LogP contribution is -2.13. The fourth-order valence-corrected chi connectivity index (χ4v) is 2.85. The maximum absolute atomic E-state index is 10.9. The lowest BCUT2D eigenvalue weighted by molar-refractivity contribution is -0.143. The summed E-state index contributed by atoms with van der Waals surface area (Å²) >= 11 is 2.30. The molecule has 0 unspecified atom stereocenters. The molecule has 1 heterocycles. The summed E-state index contributed by atoms with van der Waals surface area (Å²) in [6.45, 7) is 3.61. The SMILES string of the molecule is C=C[C@@H]1OC(=O)[C@@H]2[C@H](I)[C@@H]21. The zero-order valence-electron chi connectivity index (χ0n) is 5.29. The summed E-state index contributed by atoms with van der Waals surface area (Å²) < 4.78 is 5.48. The van der Waals surface area contributed by atoms with E-state index in [4.69, 9.17) is 4.74 Å². The Morgan fingerprint density at radius 3 is 2.70 bits per heavy atom. The minimum atomic E-state index is -0.0331. The average Bonchev–Trinajstić information content (AvgIpc) is 2.40. The van der Waals surface area contributed by atoms with E-state index in [2.05, 4.69) is 29.2 Å². The molecular formula is C7H7IO2. The van der Waals surface area contributed by atoms with Gasteiger partial charge in [0.2, 0.25) is 0 Å². The van der Waals surface area contributed by atoms with Crippen LogP contribution in [0.15, 0.2) is 12.7 Å². The van der Waals surface area contributed by atoms with Gasteiger partial charge in [0, 0.05) is 9.84 Å². The summed E-state index contributed by atoms with van der Waals surface area (Å²) in [6.07, 6.45) is 1.72. The van der Waals surface area contributed by atoms with E-state index in [9.17, 15) is 4.79 Å². The van der Waals surface area contributed by atoms with Gasteiger partial charge in [0.15, 0.2) is 0 Å². The molecule has 0 aromatic heterocycles. The van der Waals surface area contributed by atoms with Crippen molar-refractivity contribution in [3.63, 3.8) is 0 Å². The van der Waals surface area contributed by atoms with Crippen molar-refractivity contribution >= 4 is 28.6 Å². The molecule has 2 aliphatic rings. The molecule has 1 saturated carbocycles. The van der Waals surface area contributed by atoms with E-state index in [-0.39, 0.29) is 18.0 Å². The highest BCUT2D eigenvalue weighted by Gasteiger charge is 2.63. The van der Waals surface area contributed by atoms with Crippen molar-refractivity contribution in [2.24, 2.45) is 11.8 Å². The Kier molecular flexibility index (Phi) is 1.30. The molecule has 0 amide bonds. The maximum atomic E-state index is 10.9. The van der Waals surface area contributed by atoms with Crippen LogP contribution in [0.1, 0.15) is 0 Å². The van der Waals surface area contributed by atoms with Gasteiger partial charge in [-0.3, -0.25) is 4.79 Å².